The lowest BCUT2D eigenvalue weighted by atomic mass is 10.1. The number of nitrogens with one attached hydrogen (secondary N) is 1. The summed E-state index contributed by atoms with van der Waals surface area (Å²) in [6.45, 7) is 1.01. The maximum absolute atomic E-state index is 12.2. The normalized spacial score (nSPS) is 18.0. The quantitative estimate of drug-likeness (QED) is 0.920. The molecule has 0 bridgehead atoms. The highest BCUT2D eigenvalue weighted by molar-refractivity contribution is 6.43. The van der Waals surface area contributed by atoms with Gasteiger partial charge in [0.15, 0.2) is 5.75 Å². The van der Waals surface area contributed by atoms with E-state index in [1.165, 1.54) is 13.2 Å². The van der Waals surface area contributed by atoms with Gasteiger partial charge in [0.05, 0.1) is 23.6 Å². The summed E-state index contributed by atoms with van der Waals surface area (Å²) >= 11 is 11.9. The molecular formula is C14H16Cl2N2O3. The van der Waals surface area contributed by atoms with E-state index in [9.17, 15) is 9.59 Å². The number of carbonyl (C=O) groups excluding carboxylic acids is 2. The van der Waals surface area contributed by atoms with Gasteiger partial charge in [-0.05, 0) is 18.6 Å². The number of likely N-dealkylation sites (tertiary alicyclic amines) is 1. The third-order valence-electron chi connectivity index (χ3n) is 3.55. The van der Waals surface area contributed by atoms with E-state index < -0.39 is 0 Å². The summed E-state index contributed by atoms with van der Waals surface area (Å²) < 4.78 is 5.14. The fraction of sp³-hybridized carbons (Fsp3) is 0.429. The second-order valence-electron chi connectivity index (χ2n) is 4.90. The van der Waals surface area contributed by atoms with Gasteiger partial charge in [-0.1, -0.05) is 23.2 Å². The monoisotopic (exact) mass is 330 g/mol. The molecule has 0 spiro atoms. The Morgan fingerprint density at radius 2 is 2.19 bits per heavy atom. The number of nitrogens with zero attached hydrogens (tertiary/aromatic N) is 1. The zero-order valence-corrected chi connectivity index (χ0v) is 13.3. The molecule has 2 rings (SSSR count). The second-order valence-corrected chi connectivity index (χ2v) is 5.68. The van der Waals surface area contributed by atoms with Crippen molar-refractivity contribution in [3.8, 4) is 5.75 Å². The molecule has 0 saturated carbocycles. The molecule has 1 fully saturated rings. The van der Waals surface area contributed by atoms with Crippen LogP contribution in [-0.4, -0.2) is 44.0 Å². The Labute approximate surface area is 133 Å². The van der Waals surface area contributed by atoms with Crippen LogP contribution in [0, 0.1) is 5.92 Å². The Hall–Kier alpha value is -1.46. The SMILES string of the molecule is COc1c(C(=O)NCC2CCN(C)C2=O)ccc(Cl)c1Cl. The molecule has 1 aliphatic rings. The van der Waals surface area contributed by atoms with E-state index in [1.807, 2.05) is 0 Å². The molecule has 0 aromatic heterocycles. The lowest BCUT2D eigenvalue weighted by molar-refractivity contribution is -0.129. The van der Waals surface area contributed by atoms with Crippen molar-refractivity contribution in [1.29, 1.82) is 0 Å². The molecule has 1 saturated heterocycles. The molecule has 2 amide bonds. The molecule has 1 N–H and O–H groups in total. The minimum absolute atomic E-state index is 0.0522. The Bertz CT molecular complexity index is 578. The first-order chi connectivity index (χ1) is 9.95. The van der Waals surface area contributed by atoms with Crippen LogP contribution in [0.15, 0.2) is 12.1 Å². The van der Waals surface area contributed by atoms with E-state index in [2.05, 4.69) is 5.32 Å². The van der Waals surface area contributed by atoms with Crippen molar-refractivity contribution in [3.05, 3.63) is 27.7 Å². The van der Waals surface area contributed by atoms with Crippen LogP contribution in [0.2, 0.25) is 10.0 Å². The molecule has 1 heterocycles. The van der Waals surface area contributed by atoms with Gasteiger partial charge in [-0.2, -0.15) is 0 Å². The van der Waals surface area contributed by atoms with Crippen molar-refractivity contribution in [1.82, 2.24) is 10.2 Å². The van der Waals surface area contributed by atoms with Crippen LogP contribution in [0.1, 0.15) is 16.8 Å². The Balaban J connectivity index is 2.08. The number of rotatable bonds is 4. The summed E-state index contributed by atoms with van der Waals surface area (Å²) in [6, 6.07) is 3.08. The zero-order valence-electron chi connectivity index (χ0n) is 11.8. The highest BCUT2D eigenvalue weighted by atomic mass is 35.5. The summed E-state index contributed by atoms with van der Waals surface area (Å²) in [6.07, 6.45) is 0.744. The summed E-state index contributed by atoms with van der Waals surface area (Å²) in [7, 11) is 3.18. The van der Waals surface area contributed by atoms with Crippen LogP contribution in [0.25, 0.3) is 0 Å². The van der Waals surface area contributed by atoms with E-state index >= 15 is 0 Å². The molecule has 0 radical (unpaired) electrons. The van der Waals surface area contributed by atoms with Crippen LogP contribution in [0.3, 0.4) is 0 Å². The number of amides is 2. The van der Waals surface area contributed by atoms with Gasteiger partial charge in [-0.25, -0.2) is 0 Å². The number of halogens is 2. The fourth-order valence-corrected chi connectivity index (χ4v) is 2.70. The van der Waals surface area contributed by atoms with Crippen molar-refractivity contribution in [3.63, 3.8) is 0 Å². The number of benzene rings is 1. The highest BCUT2D eigenvalue weighted by Crippen LogP contribution is 2.34. The smallest absolute Gasteiger partial charge is 0.255 e. The maximum Gasteiger partial charge on any atom is 0.255 e. The van der Waals surface area contributed by atoms with Gasteiger partial charge in [0.1, 0.15) is 5.02 Å². The van der Waals surface area contributed by atoms with Crippen LogP contribution >= 0.6 is 23.2 Å². The molecule has 7 heteroatoms. The average molecular weight is 331 g/mol. The second kappa shape index (κ2) is 6.54. The molecule has 21 heavy (non-hydrogen) atoms. The third kappa shape index (κ3) is 3.24. The van der Waals surface area contributed by atoms with Crippen molar-refractivity contribution < 1.29 is 14.3 Å². The lowest BCUT2D eigenvalue weighted by Crippen LogP contribution is -2.33. The number of hydrogen-bond acceptors (Lipinski definition) is 3. The molecule has 1 atom stereocenters. The number of carbonyl (C=O) groups is 2. The molecule has 1 aromatic carbocycles. The standard InChI is InChI=1S/C14H16Cl2N2O3/c1-18-6-5-8(14(18)20)7-17-13(19)9-3-4-10(15)11(16)12(9)21-2/h3-4,8H,5-7H2,1-2H3,(H,17,19). The van der Waals surface area contributed by atoms with Crippen molar-refractivity contribution in [2.45, 2.75) is 6.42 Å². The minimum Gasteiger partial charge on any atom is -0.494 e. The Kier molecular flexibility index (Phi) is 4.96. The number of methoxy groups -OCH3 is 1. The van der Waals surface area contributed by atoms with E-state index in [0.29, 0.717) is 17.1 Å². The van der Waals surface area contributed by atoms with Gasteiger partial charge >= 0.3 is 0 Å². The van der Waals surface area contributed by atoms with E-state index in [1.54, 1.807) is 18.0 Å². The molecule has 1 aromatic rings. The third-order valence-corrected chi connectivity index (χ3v) is 4.33. The summed E-state index contributed by atoms with van der Waals surface area (Å²) in [4.78, 5) is 25.7. The first kappa shape index (κ1) is 15.9. The van der Waals surface area contributed by atoms with Crippen LogP contribution in [0.4, 0.5) is 0 Å². The molecule has 0 aliphatic carbocycles. The largest absolute Gasteiger partial charge is 0.494 e. The highest BCUT2D eigenvalue weighted by Gasteiger charge is 2.29. The van der Waals surface area contributed by atoms with Crippen LogP contribution < -0.4 is 10.1 Å². The molecule has 114 valence electrons. The number of ether oxygens (including phenoxy) is 1. The average Bonchev–Trinajstić information content (AvgIpc) is 2.79. The molecule has 5 nitrogen and oxygen atoms in total. The maximum atomic E-state index is 12.2. The van der Waals surface area contributed by atoms with Gasteiger partial charge in [0.2, 0.25) is 5.91 Å². The van der Waals surface area contributed by atoms with Crippen molar-refractivity contribution in [2.75, 3.05) is 27.2 Å². The summed E-state index contributed by atoms with van der Waals surface area (Å²) in [5.41, 5.74) is 0.297. The minimum atomic E-state index is -0.340. The lowest BCUT2D eigenvalue weighted by Gasteiger charge is -2.14. The fourth-order valence-electron chi connectivity index (χ4n) is 2.31. The van der Waals surface area contributed by atoms with Gasteiger partial charge in [-0.3, -0.25) is 9.59 Å². The zero-order chi connectivity index (χ0) is 15.6. The number of hydrogen-bond donors (Lipinski definition) is 1. The van der Waals surface area contributed by atoms with E-state index in [-0.39, 0.29) is 28.5 Å². The predicted octanol–water partition coefficient (Wildman–Crippen LogP) is 2.21. The predicted molar refractivity (Wildman–Crippen MR) is 81.1 cm³/mol. The first-order valence-corrected chi connectivity index (χ1v) is 7.26. The molecule has 1 unspecified atom stereocenters. The van der Waals surface area contributed by atoms with Crippen LogP contribution in [-0.2, 0) is 4.79 Å². The first-order valence-electron chi connectivity index (χ1n) is 6.51. The van der Waals surface area contributed by atoms with Gasteiger partial charge in [0.25, 0.3) is 5.91 Å². The van der Waals surface area contributed by atoms with Crippen LogP contribution in [0.5, 0.6) is 5.75 Å². The van der Waals surface area contributed by atoms with Gasteiger partial charge in [0, 0.05) is 20.1 Å². The summed E-state index contributed by atoms with van der Waals surface area (Å²) in [5, 5.41) is 3.26. The Morgan fingerprint density at radius 3 is 2.76 bits per heavy atom. The summed E-state index contributed by atoms with van der Waals surface area (Å²) in [5.74, 6) is -0.228. The Morgan fingerprint density at radius 1 is 1.48 bits per heavy atom. The van der Waals surface area contributed by atoms with Gasteiger partial charge < -0.3 is 15.0 Å². The van der Waals surface area contributed by atoms with Gasteiger partial charge in [-0.15, -0.1) is 0 Å². The topological polar surface area (TPSA) is 58.6 Å². The van der Waals surface area contributed by atoms with Crippen molar-refractivity contribution >= 4 is 35.0 Å². The van der Waals surface area contributed by atoms with Crippen molar-refractivity contribution in [2.24, 2.45) is 5.92 Å². The molecular weight excluding hydrogens is 315 g/mol. The molecule has 1 aliphatic heterocycles. The van der Waals surface area contributed by atoms with E-state index in [0.717, 1.165) is 13.0 Å². The van der Waals surface area contributed by atoms with E-state index in [4.69, 9.17) is 27.9 Å².